The fraction of sp³-hybridized carbons (Fsp3) is 0.800. The van der Waals surface area contributed by atoms with Crippen molar-refractivity contribution in [2.24, 2.45) is 5.92 Å². The molecule has 0 saturated carbocycles. The smallest absolute Gasteiger partial charge is 0.211 e. The van der Waals surface area contributed by atoms with E-state index in [1.54, 1.807) is 0 Å². The molecule has 108 valence electrons. The van der Waals surface area contributed by atoms with E-state index in [0.717, 1.165) is 31.2 Å². The maximum Gasteiger partial charge on any atom is 0.211 e. The normalized spacial score (nSPS) is 26.8. The van der Waals surface area contributed by atoms with Crippen LogP contribution in [0, 0.1) is 12.8 Å². The maximum atomic E-state index is 5.71. The van der Waals surface area contributed by atoms with Crippen molar-refractivity contribution in [2.75, 3.05) is 13.1 Å². The molecular formula is C15H27N3O. The molecule has 4 heteroatoms. The third-order valence-electron chi connectivity index (χ3n) is 4.26. The van der Waals surface area contributed by atoms with Gasteiger partial charge in [0.25, 0.3) is 0 Å². The van der Waals surface area contributed by atoms with Crippen LogP contribution in [0.5, 0.6) is 0 Å². The van der Waals surface area contributed by atoms with E-state index in [9.17, 15) is 0 Å². The Bertz CT molecular complexity index is 402. The molecule has 2 rings (SSSR count). The molecule has 3 unspecified atom stereocenters. The lowest BCUT2D eigenvalue weighted by Crippen LogP contribution is -2.58. The first-order chi connectivity index (χ1) is 9.02. The summed E-state index contributed by atoms with van der Waals surface area (Å²) in [5, 5.41) is 3.67. The Morgan fingerprint density at radius 2 is 2.21 bits per heavy atom. The second kappa shape index (κ2) is 6.06. The summed E-state index contributed by atoms with van der Waals surface area (Å²) in [5.74, 6) is 2.39. The number of aryl methyl sites for hydroxylation is 1. The molecule has 4 nitrogen and oxygen atoms in total. The number of rotatable bonds is 4. The van der Waals surface area contributed by atoms with E-state index in [-0.39, 0.29) is 6.04 Å². The summed E-state index contributed by atoms with van der Waals surface area (Å²) in [7, 11) is 0. The van der Waals surface area contributed by atoms with Gasteiger partial charge in [-0.3, -0.25) is 4.90 Å². The molecule has 0 bridgehead atoms. The Kier molecular flexibility index (Phi) is 4.63. The van der Waals surface area contributed by atoms with Gasteiger partial charge in [0.1, 0.15) is 5.76 Å². The standard InChI is InChI=1S/C15H27N3O/c1-6-13-8-16-14(10(2)3)9-18(13)12(5)15-17-7-11(4)19-15/h7,10,12-14,16H,6,8-9H2,1-5H3. The minimum absolute atomic E-state index is 0.252. The Morgan fingerprint density at radius 3 is 2.74 bits per heavy atom. The van der Waals surface area contributed by atoms with Crippen molar-refractivity contribution in [2.45, 2.75) is 59.2 Å². The summed E-state index contributed by atoms with van der Waals surface area (Å²) in [6.45, 7) is 13.1. The Hall–Kier alpha value is -0.870. The number of nitrogens with one attached hydrogen (secondary N) is 1. The summed E-state index contributed by atoms with van der Waals surface area (Å²) in [5.41, 5.74) is 0. The number of hydrogen-bond donors (Lipinski definition) is 1. The van der Waals surface area contributed by atoms with E-state index in [1.165, 1.54) is 0 Å². The predicted molar refractivity (Wildman–Crippen MR) is 77.1 cm³/mol. The van der Waals surface area contributed by atoms with E-state index in [0.29, 0.717) is 18.0 Å². The summed E-state index contributed by atoms with van der Waals surface area (Å²) in [6, 6.07) is 1.38. The first-order valence-electron chi connectivity index (χ1n) is 7.44. The third-order valence-corrected chi connectivity index (χ3v) is 4.26. The van der Waals surface area contributed by atoms with Crippen LogP contribution in [0.4, 0.5) is 0 Å². The monoisotopic (exact) mass is 265 g/mol. The Balaban J connectivity index is 2.13. The van der Waals surface area contributed by atoms with Gasteiger partial charge in [-0.1, -0.05) is 20.8 Å². The van der Waals surface area contributed by atoms with Crippen LogP contribution in [0.2, 0.25) is 0 Å². The van der Waals surface area contributed by atoms with Gasteiger partial charge in [-0.25, -0.2) is 4.98 Å². The van der Waals surface area contributed by atoms with Gasteiger partial charge in [0, 0.05) is 25.2 Å². The molecule has 1 aliphatic rings. The highest BCUT2D eigenvalue weighted by Gasteiger charge is 2.33. The summed E-state index contributed by atoms with van der Waals surface area (Å²) >= 11 is 0. The van der Waals surface area contributed by atoms with Crippen LogP contribution in [0.3, 0.4) is 0 Å². The average molecular weight is 265 g/mol. The zero-order chi connectivity index (χ0) is 14.0. The highest BCUT2D eigenvalue weighted by atomic mass is 16.4. The van der Waals surface area contributed by atoms with Crippen LogP contribution in [0.1, 0.15) is 51.8 Å². The molecule has 2 heterocycles. The average Bonchev–Trinajstić information content (AvgIpc) is 2.83. The van der Waals surface area contributed by atoms with Gasteiger partial charge in [0.15, 0.2) is 0 Å². The van der Waals surface area contributed by atoms with Crippen molar-refractivity contribution in [1.29, 1.82) is 0 Å². The lowest BCUT2D eigenvalue weighted by Gasteiger charge is -2.43. The van der Waals surface area contributed by atoms with Crippen LogP contribution < -0.4 is 5.32 Å². The molecule has 1 N–H and O–H groups in total. The number of aromatic nitrogens is 1. The van der Waals surface area contributed by atoms with Crippen molar-refractivity contribution < 1.29 is 4.42 Å². The molecule has 19 heavy (non-hydrogen) atoms. The topological polar surface area (TPSA) is 41.3 Å². The lowest BCUT2D eigenvalue weighted by atomic mass is 9.97. The van der Waals surface area contributed by atoms with Crippen LogP contribution in [-0.4, -0.2) is 35.1 Å². The molecule has 3 atom stereocenters. The molecular weight excluding hydrogens is 238 g/mol. The minimum Gasteiger partial charge on any atom is -0.444 e. The van der Waals surface area contributed by atoms with Crippen molar-refractivity contribution in [3.63, 3.8) is 0 Å². The van der Waals surface area contributed by atoms with Crippen molar-refractivity contribution in [1.82, 2.24) is 15.2 Å². The minimum atomic E-state index is 0.252. The highest BCUT2D eigenvalue weighted by Crippen LogP contribution is 2.26. The van der Waals surface area contributed by atoms with E-state index in [4.69, 9.17) is 4.42 Å². The molecule has 0 radical (unpaired) electrons. The summed E-state index contributed by atoms with van der Waals surface area (Å²) < 4.78 is 5.71. The van der Waals surface area contributed by atoms with Crippen LogP contribution in [0.15, 0.2) is 10.6 Å². The number of hydrogen-bond acceptors (Lipinski definition) is 4. The molecule has 1 aromatic heterocycles. The molecule has 1 saturated heterocycles. The van der Waals surface area contributed by atoms with Crippen molar-refractivity contribution >= 4 is 0 Å². The van der Waals surface area contributed by atoms with Gasteiger partial charge < -0.3 is 9.73 Å². The van der Waals surface area contributed by atoms with E-state index in [1.807, 2.05) is 13.1 Å². The van der Waals surface area contributed by atoms with Gasteiger partial charge in [-0.15, -0.1) is 0 Å². The SMILES string of the molecule is CCC1CNC(C(C)C)CN1C(C)c1ncc(C)o1. The second-order valence-corrected chi connectivity index (χ2v) is 6.00. The highest BCUT2D eigenvalue weighted by molar-refractivity contribution is 4.99. The number of nitrogens with zero attached hydrogens (tertiary/aromatic N) is 2. The molecule has 1 aliphatic heterocycles. The van der Waals surface area contributed by atoms with Crippen LogP contribution in [-0.2, 0) is 0 Å². The lowest BCUT2D eigenvalue weighted by molar-refractivity contribution is 0.0618. The molecule has 0 aliphatic carbocycles. The molecule has 1 fully saturated rings. The van der Waals surface area contributed by atoms with E-state index < -0.39 is 0 Å². The first-order valence-corrected chi connectivity index (χ1v) is 7.44. The number of piperazine rings is 1. The fourth-order valence-corrected chi connectivity index (χ4v) is 2.85. The molecule has 0 aromatic carbocycles. The van der Waals surface area contributed by atoms with Gasteiger partial charge in [0.2, 0.25) is 5.89 Å². The van der Waals surface area contributed by atoms with Gasteiger partial charge in [0.05, 0.1) is 12.2 Å². The molecule has 0 amide bonds. The van der Waals surface area contributed by atoms with Crippen LogP contribution in [0.25, 0.3) is 0 Å². The predicted octanol–water partition coefficient (Wildman–Crippen LogP) is 2.75. The second-order valence-electron chi connectivity index (χ2n) is 6.00. The Morgan fingerprint density at radius 1 is 1.47 bits per heavy atom. The van der Waals surface area contributed by atoms with Crippen molar-refractivity contribution in [3.8, 4) is 0 Å². The van der Waals surface area contributed by atoms with Gasteiger partial charge in [-0.2, -0.15) is 0 Å². The first kappa shape index (κ1) is 14.5. The maximum absolute atomic E-state index is 5.71. The van der Waals surface area contributed by atoms with E-state index in [2.05, 4.69) is 42.9 Å². The summed E-state index contributed by atoms with van der Waals surface area (Å²) in [4.78, 5) is 6.95. The fourth-order valence-electron chi connectivity index (χ4n) is 2.85. The summed E-state index contributed by atoms with van der Waals surface area (Å²) in [6.07, 6.45) is 2.97. The number of oxazole rings is 1. The quantitative estimate of drug-likeness (QED) is 0.909. The molecule has 0 spiro atoms. The van der Waals surface area contributed by atoms with Crippen molar-refractivity contribution in [3.05, 3.63) is 17.8 Å². The van der Waals surface area contributed by atoms with E-state index >= 15 is 0 Å². The largest absolute Gasteiger partial charge is 0.444 e. The third kappa shape index (κ3) is 3.18. The zero-order valence-electron chi connectivity index (χ0n) is 12.8. The van der Waals surface area contributed by atoms with Gasteiger partial charge >= 0.3 is 0 Å². The Labute approximate surface area is 116 Å². The van der Waals surface area contributed by atoms with Crippen LogP contribution >= 0.6 is 0 Å². The van der Waals surface area contributed by atoms with Gasteiger partial charge in [-0.05, 0) is 26.2 Å². The molecule has 1 aromatic rings. The zero-order valence-corrected chi connectivity index (χ0v) is 12.8.